The summed E-state index contributed by atoms with van der Waals surface area (Å²) >= 11 is 0. The Balaban J connectivity index is 1.49. The van der Waals surface area contributed by atoms with Crippen LogP contribution in [-0.4, -0.2) is 215 Å². The summed E-state index contributed by atoms with van der Waals surface area (Å²) in [6.07, 6.45) is 38.2. The zero-order chi connectivity index (χ0) is 76.7. The highest BCUT2D eigenvalue weighted by atomic mass is 16.8. The molecule has 3 heterocycles. The summed E-state index contributed by atoms with van der Waals surface area (Å²) in [7, 11) is 0. The summed E-state index contributed by atoms with van der Waals surface area (Å²) in [5, 5.41) is 137. The first-order valence-corrected chi connectivity index (χ1v) is 42.6. The second kappa shape index (κ2) is 61.1. The third kappa shape index (κ3) is 41.0. The van der Waals surface area contributed by atoms with Crippen LogP contribution in [0.5, 0.6) is 0 Å². The molecule has 0 radical (unpaired) electrons. The quantitative estimate of drug-likeness (QED) is 0.0199. The highest BCUT2D eigenvalue weighted by molar-refractivity contribution is 5.77. The summed E-state index contributed by atoms with van der Waals surface area (Å²) < 4.78 is 35.0. The molecule has 18 unspecified atom stereocenters. The van der Waals surface area contributed by atoms with Crippen LogP contribution in [0.4, 0.5) is 0 Å². The number of ether oxygens (including phenoxy) is 6. The molecular weight excluding hydrogens is 1350 g/mol. The Labute approximate surface area is 632 Å². The van der Waals surface area contributed by atoms with Crippen molar-refractivity contribution in [1.29, 1.82) is 0 Å². The maximum atomic E-state index is 13.6. The van der Waals surface area contributed by atoms with E-state index >= 15 is 0 Å². The molecule has 3 rings (SSSR count). The summed E-state index contributed by atoms with van der Waals surface area (Å²) in [4.78, 5) is 38.7. The van der Waals surface area contributed by atoms with Gasteiger partial charge in [0.05, 0.1) is 50.7 Å². The summed E-state index contributed by atoms with van der Waals surface area (Å²) in [5.74, 6) is -6.13. The molecule has 3 fully saturated rings. The van der Waals surface area contributed by atoms with Crippen LogP contribution < -0.4 is 10.6 Å². The summed E-state index contributed by atoms with van der Waals surface area (Å²) in [6, 6.07) is -2.62. The van der Waals surface area contributed by atoms with Crippen molar-refractivity contribution in [3.05, 3.63) is 12.2 Å². The molecule has 0 aliphatic carbocycles. The highest BCUT2D eigenvalue weighted by Crippen LogP contribution is 2.39. The number of carboxylic acid groups (broad SMARTS) is 1. The number of carbonyl (C=O) groups is 3. The van der Waals surface area contributed by atoms with Gasteiger partial charge in [-0.25, -0.2) is 4.79 Å². The number of carboxylic acids is 1. The lowest BCUT2D eigenvalue weighted by molar-refractivity contribution is -0.386. The predicted molar refractivity (Wildman–Crippen MR) is 408 cm³/mol. The van der Waals surface area contributed by atoms with Crippen LogP contribution >= 0.6 is 0 Å². The van der Waals surface area contributed by atoms with Crippen LogP contribution in [0.25, 0.3) is 0 Å². The van der Waals surface area contributed by atoms with Gasteiger partial charge in [-0.1, -0.05) is 328 Å². The number of unbranched alkanes of at least 4 members (excludes halogenated alkanes) is 48. The maximum absolute atomic E-state index is 13.6. The van der Waals surface area contributed by atoms with Gasteiger partial charge in [-0.05, 0) is 19.3 Å². The first-order valence-electron chi connectivity index (χ1n) is 42.6. The zero-order valence-electron chi connectivity index (χ0n) is 65.6. The average molecular weight is 1500 g/mol. The SMILES string of the molecule is CCCCCCCCCCCCCCCCCCCCCCC/C=C/C(O)C(COC1OC(CO)C(OC2OC(CO)C(O)C(OC3(C(=O)O)CC(O)C(NC(C)=O)C(C(O)C(O)CO)O3)C2O)C(O)C1O)NC(=O)CCCCCCCCCCCCCCCCCCCCCCCCCCCCCC. The topological polar surface area (TPSA) is 373 Å². The van der Waals surface area contributed by atoms with Crippen LogP contribution in [0.2, 0.25) is 0 Å². The van der Waals surface area contributed by atoms with Gasteiger partial charge < -0.3 is 100 Å². The maximum Gasteiger partial charge on any atom is 0.364 e. The molecule has 3 aliphatic rings. The Bertz CT molecular complexity index is 2140. The molecule has 0 saturated carbocycles. The number of allylic oxidation sites excluding steroid dienone is 1. The van der Waals surface area contributed by atoms with E-state index in [4.69, 9.17) is 28.4 Å². The summed E-state index contributed by atoms with van der Waals surface area (Å²) in [6.45, 7) is 2.21. The van der Waals surface area contributed by atoms with E-state index in [1.807, 2.05) is 6.08 Å². The standard InChI is InChI=1S/C82H154N2O21/c1-4-6-8-10-12-14-16-18-20-22-24-26-28-29-30-31-32-34-36-38-40-42-44-46-48-50-52-54-56-69(92)84-63(64(89)55-53-51-49-47-45-43-41-39-37-35-33-27-25-23-21-19-17-15-13-11-9-7-5-2)61-100-79-74(96)73(95)76(68(60-87)102-79)103-80-75(97)78(72(94)67(59-86)101-80)105-82(81(98)99)57-65(90)70(83-62(3)88)77(104-82)71(93)66(91)58-85/h53,55,63-68,70-80,85-87,89-91,93-97H,4-52,54,56-61H2,1-3H3,(H,83,88)(H,84,92)(H,98,99)/b55-53+. The molecule has 618 valence electrons. The van der Waals surface area contributed by atoms with Crippen LogP contribution in [0.3, 0.4) is 0 Å². The van der Waals surface area contributed by atoms with Crippen molar-refractivity contribution in [3.8, 4) is 0 Å². The second-order valence-corrected chi connectivity index (χ2v) is 31.1. The Morgan fingerprint density at radius 3 is 1.27 bits per heavy atom. The Morgan fingerprint density at radius 1 is 0.495 bits per heavy atom. The smallest absolute Gasteiger partial charge is 0.364 e. The Kier molecular flexibility index (Phi) is 56.3. The fourth-order valence-corrected chi connectivity index (χ4v) is 15.0. The van der Waals surface area contributed by atoms with E-state index in [1.54, 1.807) is 6.08 Å². The highest BCUT2D eigenvalue weighted by Gasteiger charge is 2.60. The van der Waals surface area contributed by atoms with Gasteiger partial charge >= 0.3 is 5.97 Å². The average Bonchev–Trinajstić information content (AvgIpc) is 0.750. The second-order valence-electron chi connectivity index (χ2n) is 31.1. The molecule has 105 heavy (non-hydrogen) atoms. The molecule has 23 heteroatoms. The van der Waals surface area contributed by atoms with Crippen LogP contribution in [0.15, 0.2) is 12.2 Å². The molecule has 0 aromatic carbocycles. The fraction of sp³-hybridized carbons (Fsp3) is 0.939. The number of aliphatic carboxylic acids is 1. The fourth-order valence-electron chi connectivity index (χ4n) is 15.0. The number of hydrogen-bond donors (Lipinski definition) is 14. The number of amides is 2. The van der Waals surface area contributed by atoms with Gasteiger partial charge in [-0.2, -0.15) is 0 Å². The van der Waals surface area contributed by atoms with Crippen molar-refractivity contribution in [3.63, 3.8) is 0 Å². The van der Waals surface area contributed by atoms with Crippen molar-refractivity contribution in [2.24, 2.45) is 0 Å². The number of aliphatic hydroxyl groups is 11. The lowest BCUT2D eigenvalue weighted by Gasteiger charge is -2.50. The molecule has 3 aliphatic heterocycles. The lowest BCUT2D eigenvalue weighted by atomic mass is 9.88. The van der Waals surface area contributed by atoms with E-state index in [2.05, 4.69) is 24.5 Å². The Morgan fingerprint density at radius 2 is 0.886 bits per heavy atom. The van der Waals surface area contributed by atoms with Gasteiger partial charge in [0.2, 0.25) is 11.8 Å². The van der Waals surface area contributed by atoms with Crippen LogP contribution in [0, 0.1) is 0 Å². The molecule has 23 nitrogen and oxygen atoms in total. The molecule has 0 aromatic rings. The number of nitrogens with one attached hydrogen (secondary N) is 2. The third-order valence-corrected chi connectivity index (χ3v) is 21.7. The van der Waals surface area contributed by atoms with E-state index in [9.17, 15) is 75.7 Å². The number of aliphatic hydroxyl groups excluding tert-OH is 11. The van der Waals surface area contributed by atoms with Gasteiger partial charge in [0, 0.05) is 19.8 Å². The van der Waals surface area contributed by atoms with E-state index in [1.165, 1.54) is 263 Å². The first-order chi connectivity index (χ1) is 50.9. The van der Waals surface area contributed by atoms with Gasteiger partial charge in [0.1, 0.15) is 67.1 Å². The van der Waals surface area contributed by atoms with Crippen molar-refractivity contribution in [2.75, 3.05) is 26.4 Å². The molecule has 0 bridgehead atoms. The molecule has 0 aromatic heterocycles. The molecule has 3 saturated heterocycles. The normalized spacial score (nSPS) is 26.2. The monoisotopic (exact) mass is 1500 g/mol. The van der Waals surface area contributed by atoms with Crippen molar-refractivity contribution in [2.45, 2.75) is 464 Å². The van der Waals surface area contributed by atoms with Crippen molar-refractivity contribution in [1.82, 2.24) is 10.6 Å². The van der Waals surface area contributed by atoms with E-state index < -0.39 is 155 Å². The zero-order valence-corrected chi connectivity index (χ0v) is 65.6. The summed E-state index contributed by atoms with van der Waals surface area (Å²) in [5.41, 5.74) is 0. The number of hydrogen-bond acceptors (Lipinski definition) is 20. The van der Waals surface area contributed by atoms with Gasteiger partial charge in [-0.3, -0.25) is 9.59 Å². The van der Waals surface area contributed by atoms with Gasteiger partial charge in [0.15, 0.2) is 12.6 Å². The Hall–Kier alpha value is -2.53. The van der Waals surface area contributed by atoms with E-state index in [0.29, 0.717) is 12.8 Å². The number of carbonyl (C=O) groups excluding carboxylic acids is 2. The number of rotatable bonds is 68. The molecule has 0 spiro atoms. The van der Waals surface area contributed by atoms with E-state index in [0.717, 1.165) is 51.9 Å². The molecule has 2 amide bonds. The van der Waals surface area contributed by atoms with Crippen molar-refractivity contribution < 1.29 is 104 Å². The minimum Gasteiger partial charge on any atom is -0.477 e. The van der Waals surface area contributed by atoms with Crippen LogP contribution in [-0.2, 0) is 42.8 Å². The molecule has 18 atom stereocenters. The largest absolute Gasteiger partial charge is 0.477 e. The lowest BCUT2D eigenvalue weighted by Crippen LogP contribution is -2.70. The third-order valence-electron chi connectivity index (χ3n) is 21.7. The first kappa shape index (κ1) is 96.7. The van der Waals surface area contributed by atoms with Gasteiger partial charge in [0.25, 0.3) is 5.79 Å². The van der Waals surface area contributed by atoms with E-state index in [-0.39, 0.29) is 12.3 Å². The van der Waals surface area contributed by atoms with Crippen molar-refractivity contribution >= 4 is 17.8 Å². The van der Waals surface area contributed by atoms with Gasteiger partial charge in [-0.15, -0.1) is 0 Å². The minimum atomic E-state index is -3.08. The predicted octanol–water partition coefficient (Wildman–Crippen LogP) is 12.1. The molecular formula is C82H154N2O21. The van der Waals surface area contributed by atoms with Crippen LogP contribution in [0.1, 0.15) is 355 Å². The molecule has 14 N–H and O–H groups in total. The minimum absolute atomic E-state index is 0.206.